The van der Waals surface area contributed by atoms with E-state index in [1.807, 2.05) is 24.4 Å². The van der Waals surface area contributed by atoms with Crippen molar-refractivity contribution in [3.05, 3.63) is 63.1 Å². The zero-order chi connectivity index (χ0) is 19.3. The fourth-order valence-electron chi connectivity index (χ4n) is 3.99. The molecule has 7 nitrogen and oxygen atoms in total. The molecule has 7 heteroatoms. The first-order valence-electron chi connectivity index (χ1n) is 9.84. The van der Waals surface area contributed by atoms with Gasteiger partial charge in [-0.3, -0.25) is 18.6 Å². The van der Waals surface area contributed by atoms with Crippen LogP contribution < -0.4 is 11.2 Å². The Morgan fingerprint density at radius 1 is 1.21 bits per heavy atom. The lowest BCUT2D eigenvalue weighted by Gasteiger charge is -2.09. The number of hydrogen-bond donors (Lipinski definition) is 1. The summed E-state index contributed by atoms with van der Waals surface area (Å²) in [6.45, 7) is 1.15. The second-order valence-electron chi connectivity index (χ2n) is 7.77. The van der Waals surface area contributed by atoms with Gasteiger partial charge in [0.15, 0.2) is 5.52 Å². The van der Waals surface area contributed by atoms with Gasteiger partial charge in [0.1, 0.15) is 0 Å². The van der Waals surface area contributed by atoms with E-state index in [2.05, 4.69) is 16.1 Å². The van der Waals surface area contributed by atoms with Crippen molar-refractivity contribution in [2.24, 2.45) is 13.0 Å². The molecule has 1 aromatic carbocycles. The molecule has 0 saturated heterocycles. The van der Waals surface area contributed by atoms with E-state index >= 15 is 0 Å². The fraction of sp³-hybridized carbons (Fsp3) is 0.381. The summed E-state index contributed by atoms with van der Waals surface area (Å²) in [5, 5.41) is 5.57. The molecule has 3 aromatic heterocycles. The maximum absolute atomic E-state index is 13.1. The average Bonchev–Trinajstić information content (AvgIpc) is 3.27. The number of hydrogen-bond acceptors (Lipinski definition) is 3. The van der Waals surface area contributed by atoms with Crippen molar-refractivity contribution >= 4 is 21.9 Å². The van der Waals surface area contributed by atoms with Crippen molar-refractivity contribution in [2.45, 2.75) is 38.8 Å². The SMILES string of the molecule is Cn1c(=O)n(CCCc2c[nH]c3ccccc23)c(=O)c2c1cnn2CC1CC1. The molecule has 0 amide bonds. The van der Waals surface area contributed by atoms with Gasteiger partial charge in [-0.2, -0.15) is 5.10 Å². The van der Waals surface area contributed by atoms with Gasteiger partial charge in [0.05, 0.1) is 11.7 Å². The first kappa shape index (κ1) is 17.0. The van der Waals surface area contributed by atoms with Crippen molar-refractivity contribution in [3.63, 3.8) is 0 Å². The van der Waals surface area contributed by atoms with Crippen LogP contribution in [-0.4, -0.2) is 23.9 Å². The predicted molar refractivity (Wildman–Crippen MR) is 109 cm³/mol. The van der Waals surface area contributed by atoms with Gasteiger partial charge >= 0.3 is 5.69 Å². The number of benzene rings is 1. The molecular weight excluding hydrogens is 354 g/mol. The number of aryl methyl sites for hydroxylation is 2. The average molecular weight is 377 g/mol. The van der Waals surface area contributed by atoms with E-state index in [4.69, 9.17) is 0 Å². The molecule has 0 aliphatic heterocycles. The molecule has 1 N–H and O–H groups in total. The van der Waals surface area contributed by atoms with E-state index in [-0.39, 0.29) is 11.2 Å². The van der Waals surface area contributed by atoms with E-state index in [1.165, 1.54) is 28.4 Å². The Morgan fingerprint density at radius 2 is 2.04 bits per heavy atom. The van der Waals surface area contributed by atoms with Gasteiger partial charge in [-0.25, -0.2) is 4.79 Å². The molecule has 1 aliphatic carbocycles. The molecule has 0 radical (unpaired) electrons. The van der Waals surface area contributed by atoms with Crippen LogP contribution in [0.1, 0.15) is 24.8 Å². The summed E-state index contributed by atoms with van der Waals surface area (Å²) in [6, 6.07) is 8.17. The Bertz CT molecular complexity index is 1290. The number of nitrogens with one attached hydrogen (secondary N) is 1. The molecule has 3 heterocycles. The fourth-order valence-corrected chi connectivity index (χ4v) is 3.99. The summed E-state index contributed by atoms with van der Waals surface area (Å²) in [5.41, 5.74) is 2.97. The van der Waals surface area contributed by atoms with Crippen molar-refractivity contribution in [1.82, 2.24) is 23.9 Å². The lowest BCUT2D eigenvalue weighted by atomic mass is 10.1. The molecule has 0 bridgehead atoms. The van der Waals surface area contributed by atoms with E-state index in [1.54, 1.807) is 22.5 Å². The molecule has 28 heavy (non-hydrogen) atoms. The summed E-state index contributed by atoms with van der Waals surface area (Å²) in [6.07, 6.45) is 7.55. The van der Waals surface area contributed by atoms with Crippen LogP contribution in [0.25, 0.3) is 21.9 Å². The molecule has 1 saturated carbocycles. The molecule has 5 rings (SSSR count). The molecular formula is C21H23N5O2. The third kappa shape index (κ3) is 2.78. The zero-order valence-electron chi connectivity index (χ0n) is 15.9. The first-order valence-corrected chi connectivity index (χ1v) is 9.84. The van der Waals surface area contributed by atoms with E-state index in [0.29, 0.717) is 23.5 Å². The van der Waals surface area contributed by atoms with Crippen LogP contribution in [0.15, 0.2) is 46.2 Å². The lowest BCUT2D eigenvalue weighted by molar-refractivity contribution is 0.555. The minimum Gasteiger partial charge on any atom is -0.361 e. The summed E-state index contributed by atoms with van der Waals surface area (Å²) >= 11 is 0. The molecule has 0 spiro atoms. The molecule has 0 unspecified atom stereocenters. The van der Waals surface area contributed by atoms with Crippen LogP contribution in [0.4, 0.5) is 0 Å². The number of rotatable bonds is 6. The number of aromatic amines is 1. The topological polar surface area (TPSA) is 77.6 Å². The normalized spacial score (nSPS) is 14.3. The highest BCUT2D eigenvalue weighted by atomic mass is 16.2. The summed E-state index contributed by atoms with van der Waals surface area (Å²) in [5.74, 6) is 0.607. The Balaban J connectivity index is 1.45. The summed E-state index contributed by atoms with van der Waals surface area (Å²) < 4.78 is 4.69. The molecule has 1 aliphatic rings. The van der Waals surface area contributed by atoms with Crippen LogP contribution in [0.2, 0.25) is 0 Å². The van der Waals surface area contributed by atoms with Gasteiger partial charge < -0.3 is 4.98 Å². The smallest absolute Gasteiger partial charge is 0.331 e. The van der Waals surface area contributed by atoms with Crippen LogP contribution in [0, 0.1) is 5.92 Å². The Kier molecular flexibility index (Phi) is 3.96. The van der Waals surface area contributed by atoms with E-state index in [9.17, 15) is 9.59 Å². The van der Waals surface area contributed by atoms with Gasteiger partial charge in [-0.15, -0.1) is 0 Å². The largest absolute Gasteiger partial charge is 0.361 e. The standard InChI is InChI=1S/C21H23N5O2/c1-24-18-12-23-26(13-14-8-9-14)19(18)20(27)25(21(24)28)10-4-5-15-11-22-17-7-3-2-6-16(15)17/h2-3,6-7,11-12,14,22H,4-5,8-10,13H2,1H3. The Hall–Kier alpha value is -3.09. The summed E-state index contributed by atoms with van der Waals surface area (Å²) in [4.78, 5) is 29.1. The maximum Gasteiger partial charge on any atom is 0.331 e. The van der Waals surface area contributed by atoms with Crippen LogP contribution in [0.3, 0.4) is 0 Å². The highest BCUT2D eigenvalue weighted by Gasteiger charge is 2.24. The molecule has 144 valence electrons. The lowest BCUT2D eigenvalue weighted by Crippen LogP contribution is -2.39. The number of aromatic nitrogens is 5. The van der Waals surface area contributed by atoms with Crippen molar-refractivity contribution in [3.8, 4) is 0 Å². The predicted octanol–water partition coefficient (Wildman–Crippen LogP) is 2.42. The quantitative estimate of drug-likeness (QED) is 0.561. The van der Waals surface area contributed by atoms with Crippen molar-refractivity contribution in [1.29, 1.82) is 0 Å². The highest BCUT2D eigenvalue weighted by molar-refractivity contribution is 5.83. The van der Waals surface area contributed by atoms with Crippen molar-refractivity contribution in [2.75, 3.05) is 0 Å². The van der Waals surface area contributed by atoms with E-state index < -0.39 is 0 Å². The number of nitrogens with zero attached hydrogens (tertiary/aromatic N) is 4. The van der Waals surface area contributed by atoms with Gasteiger partial charge in [0.2, 0.25) is 0 Å². The van der Waals surface area contributed by atoms with Gasteiger partial charge in [-0.1, -0.05) is 18.2 Å². The van der Waals surface area contributed by atoms with Gasteiger partial charge in [0, 0.05) is 37.2 Å². The monoisotopic (exact) mass is 377 g/mol. The number of fused-ring (bicyclic) bond motifs is 2. The molecule has 4 aromatic rings. The Morgan fingerprint density at radius 3 is 2.86 bits per heavy atom. The first-order chi connectivity index (χ1) is 13.6. The third-order valence-electron chi connectivity index (χ3n) is 5.78. The highest BCUT2D eigenvalue weighted by Crippen LogP contribution is 2.30. The number of H-pyrrole nitrogens is 1. The second-order valence-corrected chi connectivity index (χ2v) is 7.77. The molecule has 1 fully saturated rings. The van der Waals surface area contributed by atoms with Crippen LogP contribution in [-0.2, 0) is 26.6 Å². The van der Waals surface area contributed by atoms with Gasteiger partial charge in [-0.05, 0) is 43.2 Å². The van der Waals surface area contributed by atoms with E-state index in [0.717, 1.165) is 24.9 Å². The minimum atomic E-state index is -0.276. The van der Waals surface area contributed by atoms with Crippen LogP contribution >= 0.6 is 0 Å². The Labute approximate surface area is 161 Å². The van der Waals surface area contributed by atoms with Crippen LogP contribution in [0.5, 0.6) is 0 Å². The maximum atomic E-state index is 13.1. The zero-order valence-corrected chi connectivity index (χ0v) is 15.9. The van der Waals surface area contributed by atoms with Gasteiger partial charge in [0.25, 0.3) is 5.56 Å². The number of para-hydroxylation sites is 1. The summed E-state index contributed by atoms with van der Waals surface area (Å²) in [7, 11) is 1.71. The second kappa shape index (κ2) is 6.51. The van der Waals surface area contributed by atoms with Crippen molar-refractivity contribution < 1.29 is 0 Å². The molecule has 0 atom stereocenters. The third-order valence-corrected chi connectivity index (χ3v) is 5.78. The minimum absolute atomic E-state index is 0.227.